The van der Waals surface area contributed by atoms with Crippen LogP contribution < -0.4 is 0 Å². The average molecular weight is 908 g/mol. The molecule has 0 spiro atoms. The van der Waals surface area contributed by atoms with E-state index in [1.54, 1.807) is 18.2 Å². The molecular formula is C45H27Cl3IrN3. The van der Waals surface area contributed by atoms with E-state index < -0.39 is 0 Å². The van der Waals surface area contributed by atoms with Crippen LogP contribution in [0.25, 0.3) is 66.1 Å². The first-order valence-corrected chi connectivity index (χ1v) is 17.2. The Morgan fingerprint density at radius 1 is 0.346 bits per heavy atom. The molecule has 0 unspecified atom stereocenters. The van der Waals surface area contributed by atoms with Crippen LogP contribution in [0.1, 0.15) is 0 Å². The van der Waals surface area contributed by atoms with E-state index in [0.717, 1.165) is 49.9 Å². The molecule has 0 atom stereocenters. The minimum absolute atomic E-state index is 0. The molecule has 0 fully saturated rings. The van der Waals surface area contributed by atoms with Crippen LogP contribution in [0, 0.1) is 18.2 Å². The Balaban J connectivity index is 0.000000133. The Hall–Kier alpha value is -4.93. The van der Waals surface area contributed by atoms with Gasteiger partial charge >= 0.3 is 20.1 Å². The first-order chi connectivity index (χ1) is 25.0. The molecule has 6 aromatic carbocycles. The van der Waals surface area contributed by atoms with Gasteiger partial charge in [0, 0.05) is 18.6 Å². The standard InChI is InChI=1S/3C15H9ClN.Ir/c3*16-13-7-5-12(6-8-13)15-14-4-2-1-3-11(14)9-10-17-15;/h3*1-5,7-10H;/q3*-1;+3. The Morgan fingerprint density at radius 3 is 0.904 bits per heavy atom. The van der Waals surface area contributed by atoms with Crippen molar-refractivity contribution < 1.29 is 20.1 Å². The maximum atomic E-state index is 5.87. The van der Waals surface area contributed by atoms with Gasteiger partial charge < -0.3 is 15.0 Å². The third-order valence-electron chi connectivity index (χ3n) is 8.11. The number of pyridine rings is 3. The number of halogens is 3. The van der Waals surface area contributed by atoms with Gasteiger partial charge in [0.1, 0.15) is 0 Å². The van der Waals surface area contributed by atoms with Gasteiger partial charge in [-0.2, -0.15) is 0 Å². The largest absolute Gasteiger partial charge is 3.00 e. The van der Waals surface area contributed by atoms with E-state index in [1.807, 2.05) is 110 Å². The zero-order valence-corrected chi connectivity index (χ0v) is 32.1. The first-order valence-electron chi connectivity index (χ1n) is 16.1. The summed E-state index contributed by atoms with van der Waals surface area (Å²) < 4.78 is 0. The minimum atomic E-state index is 0. The molecule has 0 bridgehead atoms. The van der Waals surface area contributed by atoms with Crippen LogP contribution in [-0.2, 0) is 20.1 Å². The fourth-order valence-electron chi connectivity index (χ4n) is 5.66. The molecule has 252 valence electrons. The zero-order valence-electron chi connectivity index (χ0n) is 27.4. The van der Waals surface area contributed by atoms with Crippen LogP contribution in [0.2, 0.25) is 15.1 Å². The predicted octanol–water partition coefficient (Wildman–Crippen LogP) is 13.1. The normalized spacial score (nSPS) is 10.4. The summed E-state index contributed by atoms with van der Waals surface area (Å²) in [4.78, 5) is 13.3. The number of aromatic nitrogens is 3. The van der Waals surface area contributed by atoms with Gasteiger partial charge in [0.25, 0.3) is 0 Å². The molecule has 0 radical (unpaired) electrons. The number of fused-ring (bicyclic) bond motifs is 3. The number of hydrogen-bond donors (Lipinski definition) is 0. The van der Waals surface area contributed by atoms with Crippen molar-refractivity contribution in [3.8, 4) is 33.8 Å². The molecule has 0 N–H and O–H groups in total. The zero-order chi connectivity index (χ0) is 35.0. The summed E-state index contributed by atoms with van der Waals surface area (Å²) in [6.45, 7) is 0. The molecule has 0 aliphatic carbocycles. The van der Waals surface area contributed by atoms with Crippen LogP contribution in [0.5, 0.6) is 0 Å². The van der Waals surface area contributed by atoms with Gasteiger partial charge in [0.15, 0.2) is 0 Å². The van der Waals surface area contributed by atoms with Gasteiger partial charge in [0.05, 0.1) is 0 Å². The van der Waals surface area contributed by atoms with E-state index in [9.17, 15) is 0 Å². The number of benzene rings is 6. The molecule has 9 aromatic rings. The van der Waals surface area contributed by atoms with Crippen molar-refractivity contribution in [1.29, 1.82) is 0 Å². The van der Waals surface area contributed by atoms with Crippen molar-refractivity contribution >= 4 is 67.1 Å². The topological polar surface area (TPSA) is 38.7 Å². The van der Waals surface area contributed by atoms with E-state index in [2.05, 4.69) is 69.5 Å². The molecule has 0 aliphatic heterocycles. The molecule has 0 saturated heterocycles. The quantitative estimate of drug-likeness (QED) is 0.166. The van der Waals surface area contributed by atoms with Gasteiger partial charge in [-0.25, -0.2) is 0 Å². The molecular weight excluding hydrogens is 881 g/mol. The van der Waals surface area contributed by atoms with Gasteiger partial charge in [0.2, 0.25) is 0 Å². The SMILES string of the molecule is Clc1c[c-]c(-c2nccc3ccccc23)cc1.Clc1c[c-]c(-c2nccc3ccccc23)cc1.Clc1c[c-]c(-c2nccc3ccccc23)cc1.[Ir+3]. The van der Waals surface area contributed by atoms with Gasteiger partial charge in [-0.1, -0.05) is 72.8 Å². The maximum Gasteiger partial charge on any atom is 3.00 e. The molecule has 0 aliphatic rings. The average Bonchev–Trinajstić information content (AvgIpc) is 3.19. The van der Waals surface area contributed by atoms with Crippen LogP contribution >= 0.6 is 34.8 Å². The van der Waals surface area contributed by atoms with Crippen molar-refractivity contribution in [3.63, 3.8) is 0 Å². The summed E-state index contributed by atoms with van der Waals surface area (Å²) in [5.74, 6) is 0. The van der Waals surface area contributed by atoms with Crippen molar-refractivity contribution in [1.82, 2.24) is 15.0 Å². The molecule has 3 heterocycles. The number of rotatable bonds is 3. The minimum Gasteiger partial charge on any atom is -0.304 e. The molecule has 9 rings (SSSR count). The van der Waals surface area contributed by atoms with Gasteiger partial charge in [-0.3, -0.25) is 0 Å². The van der Waals surface area contributed by atoms with Crippen molar-refractivity contribution in [2.75, 3.05) is 0 Å². The second-order valence-corrected chi connectivity index (χ2v) is 12.7. The van der Waals surface area contributed by atoms with Crippen LogP contribution in [-0.4, -0.2) is 15.0 Å². The molecule has 52 heavy (non-hydrogen) atoms. The fraction of sp³-hybridized carbons (Fsp3) is 0. The second kappa shape index (κ2) is 17.5. The van der Waals surface area contributed by atoms with E-state index in [-0.39, 0.29) is 20.1 Å². The van der Waals surface area contributed by atoms with Gasteiger partial charge in [-0.15, -0.1) is 124 Å². The Kier molecular flexibility index (Phi) is 12.4. The van der Waals surface area contributed by atoms with Crippen LogP contribution in [0.15, 0.2) is 164 Å². The Morgan fingerprint density at radius 2 is 0.635 bits per heavy atom. The predicted molar refractivity (Wildman–Crippen MR) is 213 cm³/mol. The van der Waals surface area contributed by atoms with Crippen LogP contribution in [0.4, 0.5) is 0 Å². The molecule has 7 heteroatoms. The van der Waals surface area contributed by atoms with E-state index in [4.69, 9.17) is 34.8 Å². The third kappa shape index (κ3) is 8.74. The smallest absolute Gasteiger partial charge is 0.304 e. The monoisotopic (exact) mass is 907 g/mol. The first kappa shape index (κ1) is 36.8. The fourth-order valence-corrected chi connectivity index (χ4v) is 6.01. The Labute approximate surface area is 331 Å². The summed E-state index contributed by atoms with van der Waals surface area (Å²) in [5, 5.41) is 9.01. The van der Waals surface area contributed by atoms with Crippen molar-refractivity contribution in [3.05, 3.63) is 197 Å². The van der Waals surface area contributed by atoms with Crippen LogP contribution in [0.3, 0.4) is 0 Å². The van der Waals surface area contributed by atoms with E-state index >= 15 is 0 Å². The summed E-state index contributed by atoms with van der Waals surface area (Å²) in [5.41, 5.74) is 5.72. The van der Waals surface area contributed by atoms with E-state index in [0.29, 0.717) is 15.1 Å². The molecule has 0 saturated carbocycles. The summed E-state index contributed by atoms with van der Waals surface area (Å²) in [7, 11) is 0. The Bertz CT molecular complexity index is 2260. The van der Waals surface area contributed by atoms with Gasteiger partial charge in [-0.05, 0) is 82.7 Å². The molecule has 3 aromatic heterocycles. The third-order valence-corrected chi connectivity index (χ3v) is 8.82. The van der Waals surface area contributed by atoms with Crippen molar-refractivity contribution in [2.45, 2.75) is 0 Å². The van der Waals surface area contributed by atoms with Crippen molar-refractivity contribution in [2.24, 2.45) is 0 Å². The van der Waals surface area contributed by atoms with E-state index in [1.165, 1.54) is 16.2 Å². The second-order valence-electron chi connectivity index (χ2n) is 11.4. The maximum absolute atomic E-state index is 5.87. The molecule has 3 nitrogen and oxygen atoms in total. The summed E-state index contributed by atoms with van der Waals surface area (Å²) >= 11 is 17.6. The number of hydrogen-bond acceptors (Lipinski definition) is 3. The molecule has 0 amide bonds. The number of nitrogens with zero attached hydrogens (tertiary/aromatic N) is 3. The summed E-state index contributed by atoms with van der Waals surface area (Å²) in [6, 6.07) is 56.7. The summed E-state index contributed by atoms with van der Waals surface area (Å²) in [6.07, 6.45) is 5.46.